The first-order chi connectivity index (χ1) is 15.6. The number of thiazole rings is 1. The molecular weight excluding hydrogens is 460 g/mol. The Bertz CT molecular complexity index is 1390. The Morgan fingerprint density at radius 2 is 1.85 bits per heavy atom. The minimum Gasteiger partial charge on any atom is -0.379 e. The predicted octanol–water partition coefficient (Wildman–Crippen LogP) is 5.09. The van der Waals surface area contributed by atoms with E-state index in [1.54, 1.807) is 12.3 Å². The Balaban J connectivity index is 1.56. The highest BCUT2D eigenvalue weighted by Gasteiger charge is 2.34. The van der Waals surface area contributed by atoms with E-state index in [4.69, 9.17) is 0 Å². The first kappa shape index (κ1) is 22.5. The Labute approximate surface area is 188 Å². The number of nitrogens with zero attached hydrogens (tertiary/aromatic N) is 2. The molecule has 0 spiro atoms. The summed E-state index contributed by atoms with van der Waals surface area (Å²) in [6, 6.07) is 9.19. The largest absolute Gasteiger partial charge is 0.418 e. The van der Waals surface area contributed by atoms with Gasteiger partial charge in [0.1, 0.15) is 5.82 Å². The number of hydrogen-bond donors (Lipinski definition) is 2. The number of hydrogen-bond acceptors (Lipinski definition) is 5. The molecule has 0 aliphatic rings. The standard InChI is InChI=1S/C22H16F4N4O2S/c1-12-11-33-21-29-16(9-19(31)30(12)21)10-27-18-7-6-15(8-17(18)22(24,25)26)28-20(32)13-2-4-14(23)5-3-13/h2-9,11,27H,10H2,1H3,(H,28,32). The molecule has 2 heterocycles. The number of halogens is 4. The molecule has 0 saturated heterocycles. The molecule has 0 bridgehead atoms. The van der Waals surface area contributed by atoms with Crippen LogP contribution in [0.1, 0.15) is 27.3 Å². The van der Waals surface area contributed by atoms with Gasteiger partial charge in [-0.3, -0.25) is 14.0 Å². The maximum atomic E-state index is 13.7. The van der Waals surface area contributed by atoms with Crippen molar-refractivity contribution in [1.29, 1.82) is 0 Å². The van der Waals surface area contributed by atoms with Crippen molar-refractivity contribution in [3.05, 3.63) is 92.6 Å². The van der Waals surface area contributed by atoms with Gasteiger partial charge in [0.05, 0.1) is 17.8 Å². The number of aryl methyl sites for hydroxylation is 1. The summed E-state index contributed by atoms with van der Waals surface area (Å²) in [5.41, 5.74) is -0.493. The molecule has 2 N–H and O–H groups in total. The fourth-order valence-corrected chi connectivity index (χ4v) is 4.08. The zero-order valence-corrected chi connectivity index (χ0v) is 17.9. The van der Waals surface area contributed by atoms with E-state index < -0.39 is 23.5 Å². The molecule has 0 aliphatic carbocycles. The minimum atomic E-state index is -4.71. The van der Waals surface area contributed by atoms with Crippen molar-refractivity contribution in [2.24, 2.45) is 0 Å². The number of aromatic nitrogens is 2. The van der Waals surface area contributed by atoms with E-state index in [0.717, 1.165) is 23.9 Å². The molecule has 0 aliphatic heterocycles. The van der Waals surface area contributed by atoms with Crippen molar-refractivity contribution < 1.29 is 22.4 Å². The first-order valence-corrected chi connectivity index (χ1v) is 10.5. The summed E-state index contributed by atoms with van der Waals surface area (Å²) in [5, 5.41) is 6.82. The number of fused-ring (bicyclic) bond motifs is 1. The Kier molecular flexibility index (Phi) is 5.90. The molecule has 0 atom stereocenters. The summed E-state index contributed by atoms with van der Waals surface area (Å²) < 4.78 is 55.5. The molecule has 4 aromatic rings. The lowest BCUT2D eigenvalue weighted by Gasteiger charge is -2.16. The van der Waals surface area contributed by atoms with Gasteiger partial charge in [-0.1, -0.05) is 0 Å². The van der Waals surface area contributed by atoms with E-state index in [1.165, 1.54) is 46.1 Å². The Morgan fingerprint density at radius 1 is 1.12 bits per heavy atom. The molecule has 33 heavy (non-hydrogen) atoms. The van der Waals surface area contributed by atoms with Crippen molar-refractivity contribution in [2.75, 3.05) is 10.6 Å². The quantitative estimate of drug-likeness (QED) is 0.394. The van der Waals surface area contributed by atoms with Gasteiger partial charge in [0.2, 0.25) is 0 Å². The minimum absolute atomic E-state index is 0.0750. The molecule has 0 unspecified atom stereocenters. The summed E-state index contributed by atoms with van der Waals surface area (Å²) in [4.78, 5) is 29.3. The molecule has 6 nitrogen and oxygen atoms in total. The van der Waals surface area contributed by atoms with Gasteiger partial charge in [0.15, 0.2) is 4.96 Å². The van der Waals surface area contributed by atoms with E-state index in [2.05, 4.69) is 15.6 Å². The average Bonchev–Trinajstić information content (AvgIpc) is 3.13. The molecule has 4 rings (SSSR count). The van der Waals surface area contributed by atoms with E-state index in [9.17, 15) is 27.2 Å². The zero-order chi connectivity index (χ0) is 23.8. The van der Waals surface area contributed by atoms with Crippen LogP contribution in [0.4, 0.5) is 28.9 Å². The maximum absolute atomic E-state index is 13.7. The summed E-state index contributed by atoms with van der Waals surface area (Å²) in [6.07, 6.45) is -4.71. The van der Waals surface area contributed by atoms with Gasteiger partial charge < -0.3 is 10.6 Å². The van der Waals surface area contributed by atoms with E-state index >= 15 is 0 Å². The van der Waals surface area contributed by atoms with E-state index in [1.807, 2.05) is 0 Å². The average molecular weight is 476 g/mol. The number of nitrogens with one attached hydrogen (secondary N) is 2. The number of benzene rings is 2. The van der Waals surface area contributed by atoms with Crippen LogP contribution in [0.3, 0.4) is 0 Å². The second kappa shape index (κ2) is 8.66. The van der Waals surface area contributed by atoms with Gasteiger partial charge in [-0.2, -0.15) is 13.2 Å². The van der Waals surface area contributed by atoms with Gasteiger partial charge in [-0.15, -0.1) is 11.3 Å². The van der Waals surface area contributed by atoms with Gasteiger partial charge in [-0.25, -0.2) is 9.37 Å². The molecule has 170 valence electrons. The monoisotopic (exact) mass is 476 g/mol. The van der Waals surface area contributed by atoms with Crippen molar-refractivity contribution in [3.63, 3.8) is 0 Å². The number of rotatable bonds is 5. The summed E-state index contributed by atoms with van der Waals surface area (Å²) in [7, 11) is 0. The van der Waals surface area contributed by atoms with Gasteiger partial charge >= 0.3 is 6.18 Å². The molecule has 0 fully saturated rings. The zero-order valence-electron chi connectivity index (χ0n) is 17.0. The maximum Gasteiger partial charge on any atom is 0.418 e. The van der Waals surface area contributed by atoms with Crippen LogP contribution < -0.4 is 16.2 Å². The van der Waals surface area contributed by atoms with Gasteiger partial charge in [0, 0.05) is 34.1 Å². The SMILES string of the molecule is Cc1csc2nc(CNc3ccc(NC(=O)c4ccc(F)cc4)cc3C(F)(F)F)cc(=O)n12. The first-order valence-electron chi connectivity index (χ1n) is 9.60. The van der Waals surface area contributed by atoms with Crippen molar-refractivity contribution in [1.82, 2.24) is 9.38 Å². The van der Waals surface area contributed by atoms with E-state index in [-0.39, 0.29) is 29.0 Å². The van der Waals surface area contributed by atoms with Crippen LogP contribution in [-0.2, 0) is 12.7 Å². The van der Waals surface area contributed by atoms with Crippen LogP contribution in [0.5, 0.6) is 0 Å². The number of carbonyl (C=O) groups excluding carboxylic acids is 1. The second-order valence-electron chi connectivity index (χ2n) is 7.15. The van der Waals surface area contributed by atoms with Crippen LogP contribution in [0.15, 0.2) is 58.7 Å². The van der Waals surface area contributed by atoms with E-state index in [0.29, 0.717) is 10.7 Å². The van der Waals surface area contributed by atoms with Crippen LogP contribution >= 0.6 is 11.3 Å². The van der Waals surface area contributed by atoms with Crippen LogP contribution in [0.25, 0.3) is 4.96 Å². The van der Waals surface area contributed by atoms with Crippen LogP contribution in [0.2, 0.25) is 0 Å². The van der Waals surface area contributed by atoms with Gasteiger partial charge in [-0.05, 0) is 49.4 Å². The fourth-order valence-electron chi connectivity index (χ4n) is 3.19. The predicted molar refractivity (Wildman–Crippen MR) is 117 cm³/mol. The molecular formula is C22H16F4N4O2S. The fraction of sp³-hybridized carbons (Fsp3) is 0.136. The topological polar surface area (TPSA) is 75.5 Å². The lowest BCUT2D eigenvalue weighted by atomic mass is 10.1. The van der Waals surface area contributed by atoms with Crippen LogP contribution in [-0.4, -0.2) is 15.3 Å². The summed E-state index contributed by atoms with van der Waals surface area (Å²) in [6.45, 7) is 1.66. The third-order valence-corrected chi connectivity index (χ3v) is 5.72. The number of anilines is 2. The van der Waals surface area contributed by atoms with Crippen molar-refractivity contribution in [2.45, 2.75) is 19.6 Å². The lowest BCUT2D eigenvalue weighted by molar-refractivity contribution is -0.136. The van der Waals surface area contributed by atoms with Crippen LogP contribution in [0, 0.1) is 12.7 Å². The normalized spacial score (nSPS) is 11.5. The van der Waals surface area contributed by atoms with Crippen molar-refractivity contribution in [3.8, 4) is 0 Å². The molecule has 11 heteroatoms. The molecule has 2 aromatic carbocycles. The third-order valence-electron chi connectivity index (χ3n) is 4.78. The summed E-state index contributed by atoms with van der Waals surface area (Å²) >= 11 is 1.26. The third kappa shape index (κ3) is 4.87. The highest BCUT2D eigenvalue weighted by atomic mass is 32.1. The molecule has 1 amide bonds. The van der Waals surface area contributed by atoms with Gasteiger partial charge in [0.25, 0.3) is 11.5 Å². The number of alkyl halides is 3. The smallest absolute Gasteiger partial charge is 0.379 e. The highest BCUT2D eigenvalue weighted by Crippen LogP contribution is 2.37. The summed E-state index contributed by atoms with van der Waals surface area (Å²) in [5.74, 6) is -1.21. The van der Waals surface area contributed by atoms with Crippen molar-refractivity contribution >= 4 is 33.6 Å². The molecule has 0 radical (unpaired) electrons. The number of carbonyl (C=O) groups is 1. The Hall–Kier alpha value is -3.73. The Morgan fingerprint density at radius 3 is 2.55 bits per heavy atom. The molecule has 2 aromatic heterocycles. The number of amides is 1. The highest BCUT2D eigenvalue weighted by molar-refractivity contribution is 7.15. The lowest BCUT2D eigenvalue weighted by Crippen LogP contribution is -2.17. The molecule has 0 saturated carbocycles. The second-order valence-corrected chi connectivity index (χ2v) is 7.99.